The molecular formula is C15H22N4O2. The zero-order chi connectivity index (χ0) is 15.7. The summed E-state index contributed by atoms with van der Waals surface area (Å²) in [6, 6.07) is 6.51. The van der Waals surface area contributed by atoms with E-state index in [9.17, 15) is 10.1 Å². The topological polar surface area (TPSA) is 70.8 Å². The summed E-state index contributed by atoms with van der Waals surface area (Å²) in [7, 11) is 3.72. The van der Waals surface area contributed by atoms with Gasteiger partial charge in [-0.25, -0.2) is 0 Å². The SMILES string of the molecule is C=CCCCN(C)C(=NC)NCc1ccc([N+](=O)[O-])cc1. The molecule has 0 saturated carbocycles. The van der Waals surface area contributed by atoms with Crippen molar-refractivity contribution in [2.24, 2.45) is 4.99 Å². The van der Waals surface area contributed by atoms with E-state index in [2.05, 4.69) is 21.8 Å². The predicted molar refractivity (Wildman–Crippen MR) is 85.4 cm³/mol. The van der Waals surface area contributed by atoms with Crippen LogP contribution in [0.1, 0.15) is 18.4 Å². The quantitative estimate of drug-likeness (QED) is 0.209. The van der Waals surface area contributed by atoms with Crippen LogP contribution in [0.15, 0.2) is 41.9 Å². The van der Waals surface area contributed by atoms with E-state index >= 15 is 0 Å². The summed E-state index contributed by atoms with van der Waals surface area (Å²) < 4.78 is 0. The van der Waals surface area contributed by atoms with Gasteiger partial charge in [0, 0.05) is 39.3 Å². The average molecular weight is 290 g/mol. The standard InChI is InChI=1S/C15H22N4O2/c1-4-5-6-11-18(3)15(16-2)17-12-13-7-9-14(10-8-13)19(20)21/h4,7-10H,1,5-6,11-12H2,2-3H3,(H,16,17). The fourth-order valence-electron chi connectivity index (χ4n) is 1.88. The van der Waals surface area contributed by atoms with Crippen molar-refractivity contribution in [3.05, 3.63) is 52.6 Å². The Morgan fingerprint density at radius 1 is 1.48 bits per heavy atom. The molecule has 1 aromatic carbocycles. The van der Waals surface area contributed by atoms with E-state index in [0.717, 1.165) is 30.9 Å². The third-order valence-corrected chi connectivity index (χ3v) is 3.07. The van der Waals surface area contributed by atoms with Gasteiger partial charge in [0.25, 0.3) is 5.69 Å². The smallest absolute Gasteiger partial charge is 0.269 e. The second-order valence-corrected chi connectivity index (χ2v) is 4.68. The third kappa shape index (κ3) is 5.64. The molecule has 114 valence electrons. The minimum atomic E-state index is -0.399. The van der Waals surface area contributed by atoms with Crippen molar-refractivity contribution in [1.29, 1.82) is 0 Å². The molecule has 6 nitrogen and oxygen atoms in total. The summed E-state index contributed by atoms with van der Waals surface area (Å²) in [5.41, 5.74) is 1.07. The van der Waals surface area contributed by atoms with Crippen LogP contribution < -0.4 is 5.32 Å². The van der Waals surface area contributed by atoms with E-state index in [4.69, 9.17) is 0 Å². The fraction of sp³-hybridized carbons (Fsp3) is 0.400. The largest absolute Gasteiger partial charge is 0.352 e. The number of nitro groups is 1. The van der Waals surface area contributed by atoms with E-state index in [1.54, 1.807) is 19.2 Å². The van der Waals surface area contributed by atoms with Crippen LogP contribution in [0.4, 0.5) is 5.69 Å². The highest BCUT2D eigenvalue weighted by Crippen LogP contribution is 2.11. The summed E-state index contributed by atoms with van der Waals surface area (Å²) in [6.07, 6.45) is 3.91. The molecule has 0 fully saturated rings. The number of hydrogen-bond donors (Lipinski definition) is 1. The van der Waals surface area contributed by atoms with Gasteiger partial charge in [-0.3, -0.25) is 15.1 Å². The number of guanidine groups is 1. The van der Waals surface area contributed by atoms with Crippen molar-refractivity contribution in [1.82, 2.24) is 10.2 Å². The van der Waals surface area contributed by atoms with E-state index in [1.165, 1.54) is 12.1 Å². The average Bonchev–Trinajstić information content (AvgIpc) is 2.48. The Kier molecular flexibility index (Phi) is 6.94. The van der Waals surface area contributed by atoms with E-state index < -0.39 is 4.92 Å². The first-order valence-electron chi connectivity index (χ1n) is 6.84. The lowest BCUT2D eigenvalue weighted by Gasteiger charge is -2.21. The summed E-state index contributed by atoms with van der Waals surface area (Å²) in [6.45, 7) is 5.18. The normalized spacial score (nSPS) is 11.0. The van der Waals surface area contributed by atoms with E-state index in [1.807, 2.05) is 13.1 Å². The number of aliphatic imine (C=N–C) groups is 1. The monoisotopic (exact) mass is 290 g/mol. The fourth-order valence-corrected chi connectivity index (χ4v) is 1.88. The van der Waals surface area contributed by atoms with E-state index in [0.29, 0.717) is 6.54 Å². The minimum Gasteiger partial charge on any atom is -0.352 e. The number of nitrogens with zero attached hydrogens (tertiary/aromatic N) is 3. The predicted octanol–water partition coefficient (Wildman–Crippen LogP) is 2.57. The van der Waals surface area contributed by atoms with Crippen molar-refractivity contribution in [2.45, 2.75) is 19.4 Å². The molecule has 0 unspecified atom stereocenters. The second kappa shape index (κ2) is 8.73. The van der Waals surface area contributed by atoms with Gasteiger partial charge in [-0.05, 0) is 18.4 Å². The van der Waals surface area contributed by atoms with Crippen molar-refractivity contribution < 1.29 is 4.92 Å². The molecule has 0 radical (unpaired) electrons. The van der Waals surface area contributed by atoms with Gasteiger partial charge in [-0.2, -0.15) is 0 Å². The highest BCUT2D eigenvalue weighted by Gasteiger charge is 2.06. The van der Waals surface area contributed by atoms with Crippen LogP contribution >= 0.6 is 0 Å². The van der Waals surface area contributed by atoms with Gasteiger partial charge in [0.05, 0.1) is 4.92 Å². The minimum absolute atomic E-state index is 0.102. The maximum absolute atomic E-state index is 10.6. The lowest BCUT2D eigenvalue weighted by atomic mass is 10.2. The van der Waals surface area contributed by atoms with Crippen molar-refractivity contribution in [3.8, 4) is 0 Å². The number of rotatable bonds is 7. The molecule has 0 atom stereocenters. The number of unbranched alkanes of at least 4 members (excludes halogenated alkanes) is 1. The zero-order valence-corrected chi connectivity index (χ0v) is 12.6. The van der Waals surface area contributed by atoms with Gasteiger partial charge < -0.3 is 10.2 Å². The Bertz CT molecular complexity index is 497. The number of nitro benzene ring substituents is 1. The van der Waals surface area contributed by atoms with Crippen LogP contribution in [-0.4, -0.2) is 36.4 Å². The first-order valence-corrected chi connectivity index (χ1v) is 6.84. The van der Waals surface area contributed by atoms with Crippen LogP contribution in [0.2, 0.25) is 0 Å². The summed E-state index contributed by atoms with van der Waals surface area (Å²) >= 11 is 0. The van der Waals surface area contributed by atoms with Crippen LogP contribution in [0.3, 0.4) is 0 Å². The molecule has 1 aromatic rings. The van der Waals surface area contributed by atoms with Crippen LogP contribution in [0.25, 0.3) is 0 Å². The number of hydrogen-bond acceptors (Lipinski definition) is 3. The highest BCUT2D eigenvalue weighted by molar-refractivity contribution is 5.79. The maximum atomic E-state index is 10.6. The first-order chi connectivity index (χ1) is 10.1. The molecule has 0 aliphatic carbocycles. The van der Waals surface area contributed by atoms with Crippen molar-refractivity contribution in [3.63, 3.8) is 0 Å². The molecule has 1 rings (SSSR count). The summed E-state index contributed by atoms with van der Waals surface area (Å²) in [4.78, 5) is 16.5. The van der Waals surface area contributed by atoms with Crippen molar-refractivity contribution >= 4 is 11.6 Å². The Hall–Kier alpha value is -2.37. The molecule has 0 spiro atoms. The number of non-ortho nitro benzene ring substituents is 1. The molecule has 6 heteroatoms. The van der Waals surface area contributed by atoms with Gasteiger partial charge >= 0.3 is 0 Å². The summed E-state index contributed by atoms with van der Waals surface area (Å²) in [5, 5.41) is 13.8. The van der Waals surface area contributed by atoms with E-state index in [-0.39, 0.29) is 5.69 Å². The Labute approximate surface area is 125 Å². The zero-order valence-electron chi connectivity index (χ0n) is 12.6. The molecule has 1 N–H and O–H groups in total. The maximum Gasteiger partial charge on any atom is 0.269 e. The van der Waals surface area contributed by atoms with Crippen LogP contribution in [-0.2, 0) is 6.54 Å². The lowest BCUT2D eigenvalue weighted by molar-refractivity contribution is -0.384. The van der Waals surface area contributed by atoms with Crippen molar-refractivity contribution in [2.75, 3.05) is 20.6 Å². The molecule has 0 aliphatic heterocycles. The third-order valence-electron chi connectivity index (χ3n) is 3.07. The molecule has 0 aromatic heterocycles. The number of benzene rings is 1. The molecule has 0 heterocycles. The molecule has 21 heavy (non-hydrogen) atoms. The number of allylic oxidation sites excluding steroid dienone is 1. The second-order valence-electron chi connectivity index (χ2n) is 4.68. The summed E-state index contributed by atoms with van der Waals surface area (Å²) in [5.74, 6) is 0.803. The van der Waals surface area contributed by atoms with Gasteiger partial charge in [0.1, 0.15) is 0 Å². The molecular weight excluding hydrogens is 268 g/mol. The van der Waals surface area contributed by atoms with Gasteiger partial charge in [0.15, 0.2) is 5.96 Å². The van der Waals surface area contributed by atoms with Gasteiger partial charge in [-0.1, -0.05) is 18.2 Å². The Morgan fingerprint density at radius 2 is 2.14 bits per heavy atom. The molecule has 0 amide bonds. The number of nitrogens with one attached hydrogen (secondary N) is 1. The highest BCUT2D eigenvalue weighted by atomic mass is 16.6. The van der Waals surface area contributed by atoms with Crippen LogP contribution in [0, 0.1) is 10.1 Å². The van der Waals surface area contributed by atoms with Gasteiger partial charge in [0.2, 0.25) is 0 Å². The molecule has 0 aliphatic rings. The van der Waals surface area contributed by atoms with Gasteiger partial charge in [-0.15, -0.1) is 6.58 Å². The molecule has 0 saturated heterocycles. The van der Waals surface area contributed by atoms with Crippen LogP contribution in [0.5, 0.6) is 0 Å². The Balaban J connectivity index is 2.51. The Morgan fingerprint density at radius 3 is 2.67 bits per heavy atom. The lowest BCUT2D eigenvalue weighted by Crippen LogP contribution is -2.38. The molecule has 0 bridgehead atoms. The first kappa shape index (κ1) is 16.7.